The van der Waals surface area contributed by atoms with Crippen molar-refractivity contribution in [3.63, 3.8) is 0 Å². The molecule has 1 unspecified atom stereocenters. The first kappa shape index (κ1) is 69.7. The predicted octanol–water partition coefficient (Wildman–Crippen LogP) is 6.73. The lowest BCUT2D eigenvalue weighted by atomic mass is 9.75. The molecule has 0 radical (unpaired) electrons. The van der Waals surface area contributed by atoms with E-state index in [-0.39, 0.29) is 73.8 Å². The number of fused-ring (bicyclic) bond motifs is 6. The van der Waals surface area contributed by atoms with E-state index in [2.05, 4.69) is 0 Å². The van der Waals surface area contributed by atoms with Gasteiger partial charge >= 0.3 is 5.97 Å². The van der Waals surface area contributed by atoms with E-state index in [1.165, 1.54) is 12.1 Å². The van der Waals surface area contributed by atoms with E-state index in [1.807, 2.05) is 23.3 Å². The van der Waals surface area contributed by atoms with Crippen molar-refractivity contribution in [2.45, 2.75) is 89.7 Å². The summed E-state index contributed by atoms with van der Waals surface area (Å²) in [6.07, 6.45) is 13.1. The van der Waals surface area contributed by atoms with Crippen LogP contribution in [0.1, 0.15) is 70.4 Å². The quantitative estimate of drug-likeness (QED) is 0.0119. The van der Waals surface area contributed by atoms with Crippen molar-refractivity contribution < 1.29 is 108 Å². The molecule has 6 rings (SSSR count). The van der Waals surface area contributed by atoms with Crippen LogP contribution in [0.3, 0.4) is 0 Å². The summed E-state index contributed by atoms with van der Waals surface area (Å²) in [4.78, 5) is 9.95. The summed E-state index contributed by atoms with van der Waals surface area (Å²) in [5.74, 6) is -1.63. The number of anilines is 1. The molecule has 2 aliphatic rings. The summed E-state index contributed by atoms with van der Waals surface area (Å²) in [7, 11) is -23.1. The van der Waals surface area contributed by atoms with Gasteiger partial charge in [-0.15, -0.1) is 0 Å². The number of benzene rings is 4. The van der Waals surface area contributed by atoms with Crippen LogP contribution in [0.5, 0.6) is 0 Å². The lowest BCUT2D eigenvalue weighted by molar-refractivity contribution is -0.438. The van der Waals surface area contributed by atoms with Crippen molar-refractivity contribution in [3.8, 4) is 0 Å². The fourth-order valence-corrected chi connectivity index (χ4v) is 13.9. The van der Waals surface area contributed by atoms with E-state index >= 15 is 0 Å². The third kappa shape index (κ3) is 18.1. The number of methoxy groups -OCH3 is 1. The minimum atomic E-state index is -5.13. The van der Waals surface area contributed by atoms with Crippen molar-refractivity contribution in [2.75, 3.05) is 104 Å². The summed E-state index contributed by atoms with van der Waals surface area (Å²) < 4.78 is 211. The lowest BCUT2D eigenvalue weighted by Gasteiger charge is -2.31. The second kappa shape index (κ2) is 29.7. The molecule has 1 atom stereocenters. The smallest absolute Gasteiger partial charge is 0.303 e. The minimum Gasteiger partial charge on any atom is -0.481 e. The first-order chi connectivity index (χ1) is 40.3. The number of carbonyl (C=O) groups is 1. The maximum absolute atomic E-state index is 12.8. The second-order valence-electron chi connectivity index (χ2n) is 20.8. The molecule has 0 spiro atoms. The van der Waals surface area contributed by atoms with Gasteiger partial charge < -0.3 is 38.4 Å². The van der Waals surface area contributed by atoms with Crippen LogP contribution < -0.4 is 4.90 Å². The van der Waals surface area contributed by atoms with Gasteiger partial charge in [0, 0.05) is 71.8 Å². The van der Waals surface area contributed by atoms with Crippen LogP contribution in [0.15, 0.2) is 116 Å². The van der Waals surface area contributed by atoms with Crippen LogP contribution in [0.25, 0.3) is 21.5 Å². The molecule has 0 aromatic heterocycles. The number of ether oxygens (including phenoxy) is 6. The Labute approximate surface area is 501 Å². The molecule has 4 aromatic rings. The number of nitrogens with zero attached hydrogens (tertiary/aromatic N) is 2. The number of hydrogen-bond donors (Lipinski definition) is 6. The van der Waals surface area contributed by atoms with Gasteiger partial charge in [-0.1, -0.05) is 36.4 Å². The number of unbranched alkanes of at least 4 members (excludes halogenated alkanes) is 2. The van der Waals surface area contributed by atoms with E-state index in [9.17, 15) is 74.8 Å². The van der Waals surface area contributed by atoms with E-state index in [1.54, 1.807) is 68.7 Å². The Kier molecular flexibility index (Phi) is 24.1. The number of carboxylic acids is 1. The molecule has 474 valence electrons. The van der Waals surface area contributed by atoms with Crippen LogP contribution in [-0.4, -0.2) is 185 Å². The molecule has 25 nitrogen and oxygen atoms in total. The summed E-state index contributed by atoms with van der Waals surface area (Å²) in [5.41, 5.74) is 0.628. The second-order valence-corrected chi connectivity index (χ2v) is 28.0. The van der Waals surface area contributed by atoms with Crippen LogP contribution in [0.4, 0.5) is 11.4 Å². The Balaban J connectivity index is 1.32. The first-order valence-corrected chi connectivity index (χ1v) is 34.5. The van der Waals surface area contributed by atoms with Crippen molar-refractivity contribution in [1.29, 1.82) is 0 Å². The largest absolute Gasteiger partial charge is 0.481 e. The third-order valence-corrected chi connectivity index (χ3v) is 18.7. The summed E-state index contributed by atoms with van der Waals surface area (Å²) in [5, 5.41) is 9.25. The summed E-state index contributed by atoms with van der Waals surface area (Å²) >= 11 is 0. The van der Waals surface area contributed by atoms with Crippen LogP contribution in [0.2, 0.25) is 0 Å². The maximum Gasteiger partial charge on any atom is 0.303 e. The summed E-state index contributed by atoms with van der Waals surface area (Å²) in [6, 6.07) is 9.50. The highest BCUT2D eigenvalue weighted by Crippen LogP contribution is 2.54. The highest BCUT2D eigenvalue weighted by molar-refractivity contribution is 7.87. The molecule has 30 heteroatoms. The molecule has 0 bridgehead atoms. The lowest BCUT2D eigenvalue weighted by Crippen LogP contribution is -2.31. The topological polar surface area (TPSA) is 371 Å². The Morgan fingerprint density at radius 3 is 1.55 bits per heavy atom. The predicted molar refractivity (Wildman–Crippen MR) is 318 cm³/mol. The number of carboxylic acid groups (broad SMARTS) is 1. The SMILES string of the molecule is COCCOCCOCCOCCOCCOCCN1/C(=C/C=C/C=C/C=C/C2=[N+](CCCCCC(=O)O)c3ccc4c(S(=O)(=O)O)cc(S(=O)(=O)O)cc4c3C2(C)C)C(C)(CCCS(=O)(=O)O)c2c1ccc1c(S(=O)(=O)O)cc(S(=O)(=O)O)cc21. The zero-order valence-electron chi connectivity index (χ0n) is 47.9. The number of hydrogen-bond acceptors (Lipinski definition) is 18. The highest BCUT2D eigenvalue weighted by atomic mass is 32.2. The molecule has 86 heavy (non-hydrogen) atoms. The zero-order valence-corrected chi connectivity index (χ0v) is 51.9. The zero-order chi connectivity index (χ0) is 63.3. The van der Waals surface area contributed by atoms with Crippen molar-refractivity contribution in [2.24, 2.45) is 0 Å². The van der Waals surface area contributed by atoms with E-state index in [0.717, 1.165) is 12.1 Å². The summed E-state index contributed by atoms with van der Waals surface area (Å²) in [6.45, 7) is 9.33. The van der Waals surface area contributed by atoms with Crippen LogP contribution in [-0.2, 0) is 94.6 Å². The fourth-order valence-electron chi connectivity index (χ4n) is 10.7. The van der Waals surface area contributed by atoms with E-state index in [4.69, 9.17) is 28.4 Å². The Bertz CT molecular complexity index is 3880. The van der Waals surface area contributed by atoms with E-state index in [0.29, 0.717) is 118 Å². The van der Waals surface area contributed by atoms with Crippen molar-refractivity contribution >= 4 is 95.2 Å². The molecule has 2 aliphatic heterocycles. The van der Waals surface area contributed by atoms with Gasteiger partial charge in [0.25, 0.3) is 50.6 Å². The average Bonchev–Trinajstić information content (AvgIpc) is 1.52. The maximum atomic E-state index is 12.8. The number of allylic oxidation sites excluding steroid dienone is 8. The fraction of sp³-hybridized carbons (Fsp3) is 0.464. The van der Waals surface area contributed by atoms with Gasteiger partial charge in [0.2, 0.25) is 5.69 Å². The standard InChI is InChI=1S/C56H72N2O23S5/c1-55(2)50(57(22-12-8-11-16-52(59)60)46-19-17-42-44(53(46)55)36-40(83(64,65)66)38-48(42)85(70,71)72)14-9-6-5-7-10-15-51-56(3,21-13-35-82(61,62)63)54-45-37-41(84(67,68)69)39-49(86(73,74)75)43(45)18-20-47(54)58(51)23-24-77-27-28-79-31-32-81-34-33-80-30-29-78-26-25-76-4/h5-7,9-10,14-15,17-20,36-39H,8,11-13,16,21-35H2,1-4H3,(H5-,59,60,61,62,63,64,65,66,67,68,69,70,71,72,73,74,75)/p+1. The molecule has 6 N–H and O–H groups in total. The first-order valence-electron chi connectivity index (χ1n) is 27.1. The normalized spacial score (nSPS) is 17.2. The van der Waals surface area contributed by atoms with Gasteiger partial charge in [-0.2, -0.15) is 46.7 Å². The third-order valence-electron chi connectivity index (χ3n) is 14.5. The van der Waals surface area contributed by atoms with Crippen LogP contribution >= 0.6 is 0 Å². The minimum absolute atomic E-state index is 0.000235. The average molecular weight is 1300 g/mol. The molecule has 0 aliphatic carbocycles. The van der Waals surface area contributed by atoms with Gasteiger partial charge in [0.1, 0.15) is 16.3 Å². The Hall–Kier alpha value is -5.39. The Morgan fingerprint density at radius 1 is 0.558 bits per heavy atom. The van der Waals surface area contributed by atoms with Gasteiger partial charge in [0.15, 0.2) is 5.71 Å². The van der Waals surface area contributed by atoms with E-state index < -0.39 is 92.7 Å². The monoisotopic (exact) mass is 1300 g/mol. The van der Waals surface area contributed by atoms with Gasteiger partial charge in [0.05, 0.1) is 93.6 Å². The van der Waals surface area contributed by atoms with Gasteiger partial charge in [-0.05, 0) is 105 Å². The molecular weight excluding hydrogens is 1230 g/mol. The van der Waals surface area contributed by atoms with Crippen molar-refractivity contribution in [3.05, 3.63) is 108 Å². The number of rotatable bonds is 36. The molecule has 4 aromatic carbocycles. The molecule has 0 fully saturated rings. The van der Waals surface area contributed by atoms with Crippen LogP contribution in [0, 0.1) is 0 Å². The highest BCUT2D eigenvalue weighted by Gasteiger charge is 2.47. The molecule has 2 heterocycles. The van der Waals surface area contributed by atoms with Gasteiger partial charge in [-0.25, -0.2) is 0 Å². The molecule has 0 saturated carbocycles. The Morgan fingerprint density at radius 2 is 1.05 bits per heavy atom. The molecule has 0 saturated heterocycles. The van der Waals surface area contributed by atoms with Crippen molar-refractivity contribution in [1.82, 2.24) is 0 Å². The number of aliphatic carboxylic acids is 1. The van der Waals surface area contributed by atoms with Gasteiger partial charge in [-0.3, -0.25) is 27.6 Å². The molecule has 0 amide bonds. The molecular formula is C56H73N2O23S5+.